The average molecular weight is 370 g/mol. The van der Waals surface area contributed by atoms with Crippen LogP contribution in [-0.2, 0) is 20.0 Å². The first-order valence-corrected chi connectivity index (χ1v) is 9.86. The number of aryl methyl sites for hydroxylation is 2. The van der Waals surface area contributed by atoms with Crippen molar-refractivity contribution >= 4 is 6.03 Å². The number of hydrogen-bond donors (Lipinski definition) is 1. The van der Waals surface area contributed by atoms with Crippen molar-refractivity contribution in [3.8, 4) is 0 Å². The lowest BCUT2D eigenvalue weighted by molar-refractivity contribution is 0.174. The number of likely N-dealkylation sites (tertiary alicyclic amines) is 1. The van der Waals surface area contributed by atoms with E-state index in [0.717, 1.165) is 57.7 Å². The van der Waals surface area contributed by atoms with Crippen molar-refractivity contribution in [2.75, 3.05) is 26.7 Å². The van der Waals surface area contributed by atoms with E-state index < -0.39 is 0 Å². The molecule has 2 amide bonds. The van der Waals surface area contributed by atoms with Crippen LogP contribution in [0.5, 0.6) is 0 Å². The average Bonchev–Trinajstić information content (AvgIpc) is 3.09. The zero-order valence-corrected chi connectivity index (χ0v) is 16.5. The molecule has 27 heavy (non-hydrogen) atoms. The van der Waals surface area contributed by atoms with E-state index in [-0.39, 0.29) is 12.1 Å². The number of urea groups is 1. The molecule has 1 aromatic heterocycles. The Morgan fingerprint density at radius 1 is 1.26 bits per heavy atom. The number of rotatable bonds is 7. The zero-order valence-electron chi connectivity index (χ0n) is 16.5. The maximum Gasteiger partial charge on any atom is 0.317 e. The number of piperidine rings is 1. The van der Waals surface area contributed by atoms with E-state index >= 15 is 0 Å². The summed E-state index contributed by atoms with van der Waals surface area (Å²) in [5.74, 6) is 1.06. The summed E-state index contributed by atoms with van der Waals surface area (Å²) in [4.78, 5) is 21.0. The van der Waals surface area contributed by atoms with Gasteiger partial charge in [0.2, 0.25) is 0 Å². The maximum atomic E-state index is 12.4. The second kappa shape index (κ2) is 9.55. The molecule has 1 fully saturated rings. The Hall–Kier alpha value is -2.34. The topological polar surface area (TPSA) is 53.4 Å². The van der Waals surface area contributed by atoms with Gasteiger partial charge in [-0.25, -0.2) is 9.78 Å². The van der Waals surface area contributed by atoms with E-state index in [1.54, 1.807) is 4.90 Å². The summed E-state index contributed by atoms with van der Waals surface area (Å²) in [7, 11) is 3.88. The van der Waals surface area contributed by atoms with Crippen LogP contribution in [0.1, 0.15) is 30.7 Å². The molecule has 2 aromatic rings. The molecule has 2 heterocycles. The molecule has 1 saturated heterocycles. The molecule has 1 N–H and O–H groups in total. The van der Waals surface area contributed by atoms with Crippen LogP contribution in [0.25, 0.3) is 0 Å². The number of aromatic nitrogens is 2. The summed E-state index contributed by atoms with van der Waals surface area (Å²) in [5, 5.41) is 3.20. The Labute approximate surface area is 162 Å². The van der Waals surface area contributed by atoms with E-state index in [9.17, 15) is 4.79 Å². The van der Waals surface area contributed by atoms with Gasteiger partial charge in [0.25, 0.3) is 0 Å². The summed E-state index contributed by atoms with van der Waals surface area (Å²) in [6, 6.07) is 10.9. The molecule has 0 unspecified atom stereocenters. The number of hydrogen-bond acceptors (Lipinski definition) is 3. The second-order valence-electron chi connectivity index (χ2n) is 7.46. The molecular weight excluding hydrogens is 338 g/mol. The molecular formula is C21H31N5O. The second-order valence-corrected chi connectivity index (χ2v) is 7.46. The lowest BCUT2D eigenvalue weighted by Gasteiger charge is -2.33. The first kappa shape index (κ1) is 19.4. The number of carbonyl (C=O) groups excluding carboxylic acids is 1. The normalized spacial score (nSPS) is 15.6. The molecule has 0 radical (unpaired) electrons. The Balaban J connectivity index is 1.34. The molecule has 1 aliphatic rings. The molecule has 3 rings (SSSR count). The third-order valence-corrected chi connectivity index (χ3v) is 5.33. The minimum absolute atomic E-state index is 0.0383. The van der Waals surface area contributed by atoms with E-state index in [0.29, 0.717) is 0 Å². The molecule has 0 saturated carbocycles. The summed E-state index contributed by atoms with van der Waals surface area (Å²) < 4.78 is 2.03. The third kappa shape index (κ3) is 5.82. The van der Waals surface area contributed by atoms with Gasteiger partial charge in [-0.1, -0.05) is 30.3 Å². The number of imidazole rings is 1. The van der Waals surface area contributed by atoms with Crippen LogP contribution < -0.4 is 5.32 Å². The van der Waals surface area contributed by atoms with Gasteiger partial charge in [0, 0.05) is 65.1 Å². The van der Waals surface area contributed by atoms with Crippen LogP contribution in [0, 0.1) is 0 Å². The SMILES string of the molecule is CN(CCCc1nccn1C)C(=O)NC1CCN(Cc2ccccc2)CC1. The number of nitrogens with zero attached hydrogens (tertiary/aromatic N) is 4. The Morgan fingerprint density at radius 3 is 2.67 bits per heavy atom. The van der Waals surface area contributed by atoms with Crippen LogP contribution in [-0.4, -0.2) is 58.1 Å². The fourth-order valence-corrected chi connectivity index (χ4v) is 3.58. The number of nitrogens with one attached hydrogen (secondary N) is 1. The highest BCUT2D eigenvalue weighted by atomic mass is 16.2. The van der Waals surface area contributed by atoms with Gasteiger partial charge in [-0.05, 0) is 24.8 Å². The minimum atomic E-state index is 0.0383. The van der Waals surface area contributed by atoms with Crippen molar-refractivity contribution in [1.29, 1.82) is 0 Å². The molecule has 0 atom stereocenters. The van der Waals surface area contributed by atoms with E-state index in [1.807, 2.05) is 31.1 Å². The van der Waals surface area contributed by atoms with Gasteiger partial charge >= 0.3 is 6.03 Å². The zero-order chi connectivity index (χ0) is 19.1. The van der Waals surface area contributed by atoms with Gasteiger partial charge in [0.1, 0.15) is 5.82 Å². The smallest absolute Gasteiger partial charge is 0.317 e. The van der Waals surface area contributed by atoms with Gasteiger partial charge in [-0.3, -0.25) is 4.90 Å². The summed E-state index contributed by atoms with van der Waals surface area (Å²) in [6.07, 6.45) is 7.61. The Morgan fingerprint density at radius 2 is 2.00 bits per heavy atom. The van der Waals surface area contributed by atoms with Crippen molar-refractivity contribution in [3.63, 3.8) is 0 Å². The van der Waals surface area contributed by atoms with Crippen LogP contribution >= 0.6 is 0 Å². The summed E-state index contributed by atoms with van der Waals surface area (Å²) in [5.41, 5.74) is 1.35. The minimum Gasteiger partial charge on any atom is -0.338 e. The highest BCUT2D eigenvalue weighted by molar-refractivity contribution is 5.74. The van der Waals surface area contributed by atoms with Crippen LogP contribution in [0.2, 0.25) is 0 Å². The number of benzene rings is 1. The predicted molar refractivity (Wildman–Crippen MR) is 107 cm³/mol. The summed E-state index contributed by atoms with van der Waals surface area (Å²) >= 11 is 0. The highest BCUT2D eigenvalue weighted by Crippen LogP contribution is 2.14. The van der Waals surface area contributed by atoms with Gasteiger partial charge in [-0.2, -0.15) is 0 Å². The molecule has 6 nitrogen and oxygen atoms in total. The molecule has 1 aliphatic heterocycles. The summed E-state index contributed by atoms with van der Waals surface area (Å²) in [6.45, 7) is 3.80. The van der Waals surface area contributed by atoms with E-state index in [4.69, 9.17) is 0 Å². The molecule has 0 aliphatic carbocycles. The van der Waals surface area contributed by atoms with Crippen molar-refractivity contribution in [2.24, 2.45) is 7.05 Å². The van der Waals surface area contributed by atoms with E-state index in [1.165, 1.54) is 5.56 Å². The molecule has 1 aromatic carbocycles. The van der Waals surface area contributed by atoms with Gasteiger partial charge in [0.05, 0.1) is 0 Å². The van der Waals surface area contributed by atoms with E-state index in [2.05, 4.69) is 45.5 Å². The van der Waals surface area contributed by atoms with Crippen molar-refractivity contribution in [2.45, 2.75) is 38.3 Å². The Kier molecular flexibility index (Phi) is 6.87. The van der Waals surface area contributed by atoms with Gasteiger partial charge in [0.15, 0.2) is 0 Å². The largest absolute Gasteiger partial charge is 0.338 e. The van der Waals surface area contributed by atoms with Gasteiger partial charge in [-0.15, -0.1) is 0 Å². The number of carbonyl (C=O) groups is 1. The Bertz CT molecular complexity index is 706. The first-order valence-electron chi connectivity index (χ1n) is 9.86. The third-order valence-electron chi connectivity index (χ3n) is 5.33. The fraction of sp³-hybridized carbons (Fsp3) is 0.524. The maximum absolute atomic E-state index is 12.4. The quantitative estimate of drug-likeness (QED) is 0.816. The fourth-order valence-electron chi connectivity index (χ4n) is 3.58. The number of amides is 2. The van der Waals surface area contributed by atoms with Crippen LogP contribution in [0.3, 0.4) is 0 Å². The van der Waals surface area contributed by atoms with Crippen LogP contribution in [0.15, 0.2) is 42.7 Å². The van der Waals surface area contributed by atoms with Crippen LogP contribution in [0.4, 0.5) is 4.79 Å². The molecule has 6 heteroatoms. The lowest BCUT2D eigenvalue weighted by atomic mass is 10.0. The van der Waals surface area contributed by atoms with Gasteiger partial charge < -0.3 is 14.8 Å². The standard InChI is InChI=1S/C21H31N5O/c1-24-16-12-22-20(24)9-6-13-25(2)21(27)23-19-10-14-26(15-11-19)17-18-7-4-3-5-8-18/h3-5,7-8,12,16,19H,6,9-11,13-15,17H2,1-2H3,(H,23,27). The first-order chi connectivity index (χ1) is 13.1. The molecule has 146 valence electrons. The monoisotopic (exact) mass is 369 g/mol. The molecule has 0 bridgehead atoms. The van der Waals surface area contributed by atoms with Crippen molar-refractivity contribution in [3.05, 3.63) is 54.1 Å². The predicted octanol–water partition coefficient (Wildman–Crippen LogP) is 2.66. The van der Waals surface area contributed by atoms with Crippen molar-refractivity contribution in [1.82, 2.24) is 24.7 Å². The highest BCUT2D eigenvalue weighted by Gasteiger charge is 2.21. The molecule has 0 spiro atoms. The van der Waals surface area contributed by atoms with Crippen molar-refractivity contribution < 1.29 is 4.79 Å². The lowest BCUT2D eigenvalue weighted by Crippen LogP contribution is -2.48.